The van der Waals surface area contributed by atoms with E-state index in [1.807, 2.05) is 6.92 Å². The van der Waals surface area contributed by atoms with Gasteiger partial charge >= 0.3 is 0 Å². The van der Waals surface area contributed by atoms with Gasteiger partial charge < -0.3 is 4.74 Å². The number of ether oxygens (including phenoxy) is 1. The zero-order valence-electron chi connectivity index (χ0n) is 8.25. The van der Waals surface area contributed by atoms with Gasteiger partial charge in [-0.2, -0.15) is 5.10 Å². The molecule has 0 aromatic carbocycles. The van der Waals surface area contributed by atoms with E-state index in [-0.39, 0.29) is 0 Å². The summed E-state index contributed by atoms with van der Waals surface area (Å²) in [7, 11) is 0. The van der Waals surface area contributed by atoms with Crippen molar-refractivity contribution in [2.24, 2.45) is 0 Å². The number of carbonyl (C=O) groups excluding carboxylic acids is 1. The number of nitrogens with zero attached hydrogens (tertiary/aromatic N) is 1. The minimum Gasteiger partial charge on any atom is -0.381 e. The van der Waals surface area contributed by atoms with E-state index in [1.165, 1.54) is 0 Å². The van der Waals surface area contributed by atoms with Gasteiger partial charge in [0.15, 0.2) is 6.29 Å². The molecule has 4 nitrogen and oxygen atoms in total. The average Bonchev–Trinajstić information content (AvgIpc) is 2.61. The summed E-state index contributed by atoms with van der Waals surface area (Å²) in [6, 6.07) is 0. The Morgan fingerprint density at radius 3 is 2.86 bits per heavy atom. The van der Waals surface area contributed by atoms with Gasteiger partial charge in [0, 0.05) is 24.8 Å². The Labute approximate surface area is 82.7 Å². The number of aromatic nitrogens is 2. The number of aldehydes is 1. The molecule has 2 rings (SSSR count). The first-order valence-corrected chi connectivity index (χ1v) is 4.90. The van der Waals surface area contributed by atoms with Gasteiger partial charge in [0.25, 0.3) is 0 Å². The highest BCUT2D eigenvalue weighted by Gasteiger charge is 2.22. The molecule has 4 heteroatoms. The fraction of sp³-hybridized carbons (Fsp3) is 0.600. The number of aryl methyl sites for hydroxylation is 1. The van der Waals surface area contributed by atoms with Crippen LogP contribution in [0.5, 0.6) is 0 Å². The van der Waals surface area contributed by atoms with Crippen LogP contribution in [0.2, 0.25) is 0 Å². The van der Waals surface area contributed by atoms with Gasteiger partial charge in [-0.15, -0.1) is 0 Å². The molecule has 76 valence electrons. The van der Waals surface area contributed by atoms with Gasteiger partial charge in [0.2, 0.25) is 0 Å². The molecule has 0 saturated carbocycles. The summed E-state index contributed by atoms with van der Waals surface area (Å²) in [5, 5.41) is 7.06. The number of hydrogen-bond acceptors (Lipinski definition) is 3. The maximum atomic E-state index is 10.9. The lowest BCUT2D eigenvalue weighted by molar-refractivity contribution is 0.0841. The van der Waals surface area contributed by atoms with Crippen molar-refractivity contribution >= 4 is 6.29 Å². The normalized spacial score (nSPS) is 18.4. The molecule has 1 N–H and O–H groups in total. The molecule has 14 heavy (non-hydrogen) atoms. The average molecular weight is 194 g/mol. The van der Waals surface area contributed by atoms with Crippen molar-refractivity contribution in [3.8, 4) is 0 Å². The summed E-state index contributed by atoms with van der Waals surface area (Å²) in [5.41, 5.74) is 2.51. The zero-order chi connectivity index (χ0) is 9.97. The van der Waals surface area contributed by atoms with E-state index in [4.69, 9.17) is 4.74 Å². The number of H-pyrrole nitrogens is 1. The largest absolute Gasteiger partial charge is 0.381 e. The summed E-state index contributed by atoms with van der Waals surface area (Å²) < 4.78 is 5.28. The standard InChI is InChI=1S/C10H14N2O2/c1-7-9(6-13)10(12-11-7)8-2-4-14-5-3-8/h6,8H,2-5H2,1H3,(H,11,12). The van der Waals surface area contributed by atoms with E-state index in [0.29, 0.717) is 5.92 Å². The molecular formula is C10H14N2O2. The monoisotopic (exact) mass is 194 g/mol. The van der Waals surface area contributed by atoms with E-state index in [2.05, 4.69) is 10.2 Å². The molecule has 0 spiro atoms. The first-order chi connectivity index (χ1) is 6.83. The summed E-state index contributed by atoms with van der Waals surface area (Å²) in [6.45, 7) is 3.42. The number of aromatic amines is 1. The first-order valence-electron chi connectivity index (χ1n) is 4.90. The highest BCUT2D eigenvalue weighted by Crippen LogP contribution is 2.28. The van der Waals surface area contributed by atoms with Gasteiger partial charge in [-0.25, -0.2) is 0 Å². The second kappa shape index (κ2) is 3.92. The van der Waals surface area contributed by atoms with E-state index >= 15 is 0 Å². The number of rotatable bonds is 2. The maximum Gasteiger partial charge on any atom is 0.153 e. The van der Waals surface area contributed by atoms with Crippen LogP contribution in [0.25, 0.3) is 0 Å². The van der Waals surface area contributed by atoms with Crippen molar-refractivity contribution in [3.05, 3.63) is 17.0 Å². The van der Waals surface area contributed by atoms with Crippen LogP contribution in [0.4, 0.5) is 0 Å². The summed E-state index contributed by atoms with van der Waals surface area (Å²) in [6.07, 6.45) is 2.82. The van der Waals surface area contributed by atoms with E-state index < -0.39 is 0 Å². The lowest BCUT2D eigenvalue weighted by atomic mass is 9.93. The Bertz CT molecular complexity index is 327. The Hall–Kier alpha value is -1.16. The van der Waals surface area contributed by atoms with Crippen molar-refractivity contribution in [1.82, 2.24) is 10.2 Å². The van der Waals surface area contributed by atoms with Crippen LogP contribution < -0.4 is 0 Å². The Balaban J connectivity index is 2.25. The summed E-state index contributed by atoms with van der Waals surface area (Å²) in [5.74, 6) is 0.383. The third kappa shape index (κ3) is 1.57. The number of hydrogen-bond donors (Lipinski definition) is 1. The number of carbonyl (C=O) groups is 1. The highest BCUT2D eigenvalue weighted by atomic mass is 16.5. The molecule has 1 aliphatic rings. The van der Waals surface area contributed by atoms with Crippen LogP contribution in [0.1, 0.15) is 40.5 Å². The molecule has 0 atom stereocenters. The van der Waals surface area contributed by atoms with Crippen molar-refractivity contribution in [2.75, 3.05) is 13.2 Å². The van der Waals surface area contributed by atoms with Gasteiger partial charge in [0.1, 0.15) is 0 Å². The van der Waals surface area contributed by atoms with Crippen LogP contribution in [-0.2, 0) is 4.74 Å². The molecule has 0 unspecified atom stereocenters. The van der Waals surface area contributed by atoms with E-state index in [9.17, 15) is 4.79 Å². The molecule has 1 aromatic heterocycles. The first kappa shape index (κ1) is 9.40. The summed E-state index contributed by atoms with van der Waals surface area (Å²) >= 11 is 0. The fourth-order valence-corrected chi connectivity index (χ4v) is 1.89. The van der Waals surface area contributed by atoms with Crippen LogP contribution in [0.3, 0.4) is 0 Å². The maximum absolute atomic E-state index is 10.9. The second-order valence-corrected chi connectivity index (χ2v) is 3.65. The van der Waals surface area contributed by atoms with Crippen molar-refractivity contribution < 1.29 is 9.53 Å². The van der Waals surface area contributed by atoms with E-state index in [1.54, 1.807) is 0 Å². The van der Waals surface area contributed by atoms with Crippen LogP contribution in [0, 0.1) is 6.92 Å². The van der Waals surface area contributed by atoms with Crippen LogP contribution >= 0.6 is 0 Å². The van der Waals surface area contributed by atoms with Crippen molar-refractivity contribution in [1.29, 1.82) is 0 Å². The van der Waals surface area contributed by atoms with Gasteiger partial charge in [-0.05, 0) is 19.8 Å². The quantitative estimate of drug-likeness (QED) is 0.724. The smallest absolute Gasteiger partial charge is 0.153 e. The molecule has 2 heterocycles. The van der Waals surface area contributed by atoms with E-state index in [0.717, 1.165) is 49.3 Å². The predicted octanol–water partition coefficient (Wildman–Crippen LogP) is 1.42. The minimum absolute atomic E-state index is 0.383. The Morgan fingerprint density at radius 2 is 2.21 bits per heavy atom. The summed E-state index contributed by atoms with van der Waals surface area (Å²) in [4.78, 5) is 10.9. The Kier molecular flexibility index (Phi) is 2.63. The minimum atomic E-state index is 0.383. The Morgan fingerprint density at radius 1 is 1.50 bits per heavy atom. The molecular weight excluding hydrogens is 180 g/mol. The predicted molar refractivity (Wildman–Crippen MR) is 51.5 cm³/mol. The van der Waals surface area contributed by atoms with Crippen LogP contribution in [0.15, 0.2) is 0 Å². The third-order valence-electron chi connectivity index (χ3n) is 2.75. The molecule has 0 radical (unpaired) electrons. The molecule has 1 fully saturated rings. The van der Waals surface area contributed by atoms with Gasteiger partial charge in [-0.1, -0.05) is 0 Å². The zero-order valence-corrected chi connectivity index (χ0v) is 8.25. The molecule has 0 amide bonds. The highest BCUT2D eigenvalue weighted by molar-refractivity contribution is 5.78. The van der Waals surface area contributed by atoms with Crippen LogP contribution in [-0.4, -0.2) is 29.7 Å². The number of nitrogens with one attached hydrogen (secondary N) is 1. The van der Waals surface area contributed by atoms with Crippen molar-refractivity contribution in [2.45, 2.75) is 25.7 Å². The second-order valence-electron chi connectivity index (χ2n) is 3.65. The van der Waals surface area contributed by atoms with Crippen molar-refractivity contribution in [3.63, 3.8) is 0 Å². The SMILES string of the molecule is Cc1[nH]nc(C2CCOCC2)c1C=O. The van der Waals surface area contributed by atoms with Gasteiger partial charge in [-0.3, -0.25) is 9.89 Å². The van der Waals surface area contributed by atoms with Gasteiger partial charge in [0.05, 0.1) is 11.3 Å². The molecule has 1 saturated heterocycles. The third-order valence-corrected chi connectivity index (χ3v) is 2.75. The molecule has 0 aliphatic carbocycles. The topological polar surface area (TPSA) is 55.0 Å². The molecule has 1 aliphatic heterocycles. The lowest BCUT2D eigenvalue weighted by Gasteiger charge is -2.20. The molecule has 1 aromatic rings. The molecule has 0 bridgehead atoms. The fourth-order valence-electron chi connectivity index (χ4n) is 1.89. The lowest BCUT2D eigenvalue weighted by Crippen LogP contribution is -2.15.